The standard InChI is InChI=1S/C13H24N2O2/c1-3-14-13(12(16)17-4-2)8-10-15-9-6-5-7-11(13)15/h11,14H,3-10H2,1-2H3. The Morgan fingerprint density at radius 3 is 2.94 bits per heavy atom. The topological polar surface area (TPSA) is 41.6 Å². The van der Waals surface area contributed by atoms with E-state index >= 15 is 0 Å². The number of likely N-dealkylation sites (N-methyl/N-ethyl adjacent to an activating group) is 1. The molecule has 0 saturated carbocycles. The first-order valence-corrected chi connectivity index (χ1v) is 6.91. The Bertz CT molecular complexity index is 283. The summed E-state index contributed by atoms with van der Waals surface area (Å²) in [5.41, 5.74) is -0.439. The van der Waals surface area contributed by atoms with Gasteiger partial charge in [-0.1, -0.05) is 13.3 Å². The maximum absolute atomic E-state index is 12.3. The molecule has 2 unspecified atom stereocenters. The van der Waals surface area contributed by atoms with Crippen LogP contribution in [-0.4, -0.2) is 48.7 Å². The van der Waals surface area contributed by atoms with Crippen molar-refractivity contribution in [3.63, 3.8) is 0 Å². The summed E-state index contributed by atoms with van der Waals surface area (Å²) in [6, 6.07) is 0.343. The molecule has 0 bridgehead atoms. The molecule has 2 rings (SSSR count). The van der Waals surface area contributed by atoms with Crippen molar-refractivity contribution in [2.75, 3.05) is 26.2 Å². The second-order valence-electron chi connectivity index (χ2n) is 5.02. The number of rotatable bonds is 4. The minimum absolute atomic E-state index is 0.0451. The molecule has 1 N–H and O–H groups in total. The third-order valence-electron chi connectivity index (χ3n) is 4.11. The number of carbonyl (C=O) groups is 1. The van der Waals surface area contributed by atoms with Gasteiger partial charge >= 0.3 is 5.97 Å². The normalized spacial score (nSPS) is 33.4. The van der Waals surface area contributed by atoms with Crippen molar-refractivity contribution in [2.24, 2.45) is 0 Å². The average molecular weight is 240 g/mol. The van der Waals surface area contributed by atoms with Crippen molar-refractivity contribution >= 4 is 5.97 Å². The molecular formula is C13H24N2O2. The number of hydrogen-bond acceptors (Lipinski definition) is 4. The van der Waals surface area contributed by atoms with Crippen molar-refractivity contribution < 1.29 is 9.53 Å². The van der Waals surface area contributed by atoms with Gasteiger partial charge in [0.1, 0.15) is 5.54 Å². The Hall–Kier alpha value is -0.610. The van der Waals surface area contributed by atoms with Crippen LogP contribution in [0.25, 0.3) is 0 Å². The molecule has 0 aliphatic carbocycles. The molecule has 2 aliphatic rings. The highest BCUT2D eigenvalue weighted by molar-refractivity contribution is 5.82. The van der Waals surface area contributed by atoms with Crippen LogP contribution in [0, 0.1) is 0 Å². The molecular weight excluding hydrogens is 216 g/mol. The van der Waals surface area contributed by atoms with Gasteiger partial charge in [0.2, 0.25) is 0 Å². The first kappa shape index (κ1) is 12.8. The van der Waals surface area contributed by atoms with Crippen LogP contribution in [0.3, 0.4) is 0 Å². The van der Waals surface area contributed by atoms with Gasteiger partial charge in [-0.25, -0.2) is 4.79 Å². The van der Waals surface area contributed by atoms with E-state index in [0.717, 1.165) is 32.5 Å². The molecule has 2 aliphatic heterocycles. The van der Waals surface area contributed by atoms with Gasteiger partial charge in [0.05, 0.1) is 6.61 Å². The zero-order chi connectivity index (χ0) is 12.3. The summed E-state index contributed by atoms with van der Waals surface area (Å²) < 4.78 is 5.30. The van der Waals surface area contributed by atoms with Crippen LogP contribution in [0.4, 0.5) is 0 Å². The van der Waals surface area contributed by atoms with E-state index < -0.39 is 5.54 Å². The quantitative estimate of drug-likeness (QED) is 0.749. The predicted molar refractivity (Wildman–Crippen MR) is 66.9 cm³/mol. The van der Waals surface area contributed by atoms with Crippen LogP contribution < -0.4 is 5.32 Å². The van der Waals surface area contributed by atoms with Crippen LogP contribution in [0.15, 0.2) is 0 Å². The van der Waals surface area contributed by atoms with Gasteiger partial charge in [-0.3, -0.25) is 4.90 Å². The summed E-state index contributed by atoms with van der Waals surface area (Å²) in [5.74, 6) is -0.0451. The van der Waals surface area contributed by atoms with E-state index in [0.29, 0.717) is 12.6 Å². The molecule has 0 aromatic heterocycles. The minimum Gasteiger partial charge on any atom is -0.465 e. The van der Waals surface area contributed by atoms with E-state index in [-0.39, 0.29) is 5.97 Å². The summed E-state index contributed by atoms with van der Waals surface area (Å²) in [4.78, 5) is 14.8. The number of nitrogens with zero attached hydrogens (tertiary/aromatic N) is 1. The van der Waals surface area contributed by atoms with E-state index in [9.17, 15) is 4.79 Å². The predicted octanol–water partition coefficient (Wildman–Crippen LogP) is 1.16. The van der Waals surface area contributed by atoms with Crippen molar-refractivity contribution in [2.45, 2.75) is 51.1 Å². The molecule has 2 heterocycles. The SMILES string of the molecule is CCNC1(C(=O)OCC)CCN2CCCCC21. The van der Waals surface area contributed by atoms with Gasteiger partial charge in [-0.2, -0.15) is 0 Å². The summed E-state index contributed by atoms with van der Waals surface area (Å²) >= 11 is 0. The number of esters is 1. The third kappa shape index (κ3) is 2.20. The fraction of sp³-hybridized carbons (Fsp3) is 0.923. The zero-order valence-electron chi connectivity index (χ0n) is 11.0. The lowest BCUT2D eigenvalue weighted by Crippen LogP contribution is -2.61. The molecule has 0 radical (unpaired) electrons. The number of carbonyl (C=O) groups excluding carboxylic acids is 1. The molecule has 0 spiro atoms. The van der Waals surface area contributed by atoms with Crippen molar-refractivity contribution in [3.8, 4) is 0 Å². The van der Waals surface area contributed by atoms with E-state index in [1.54, 1.807) is 0 Å². The fourth-order valence-corrected chi connectivity index (χ4v) is 3.40. The zero-order valence-corrected chi connectivity index (χ0v) is 11.0. The molecule has 2 saturated heterocycles. The maximum atomic E-state index is 12.3. The lowest BCUT2D eigenvalue weighted by atomic mass is 9.85. The Labute approximate surface area is 104 Å². The summed E-state index contributed by atoms with van der Waals surface area (Å²) in [6.07, 6.45) is 4.51. The van der Waals surface area contributed by atoms with Gasteiger partial charge in [0.25, 0.3) is 0 Å². The Kier molecular flexibility index (Phi) is 4.05. The molecule has 0 aromatic rings. The Morgan fingerprint density at radius 2 is 2.24 bits per heavy atom. The highest BCUT2D eigenvalue weighted by atomic mass is 16.5. The molecule has 2 atom stereocenters. The summed E-state index contributed by atoms with van der Waals surface area (Å²) in [6.45, 7) is 7.40. The smallest absolute Gasteiger partial charge is 0.328 e. The van der Waals surface area contributed by atoms with Crippen LogP contribution in [0.2, 0.25) is 0 Å². The number of ether oxygens (including phenoxy) is 1. The molecule has 4 nitrogen and oxygen atoms in total. The van der Waals surface area contributed by atoms with E-state index in [1.165, 1.54) is 12.8 Å². The summed E-state index contributed by atoms with van der Waals surface area (Å²) in [7, 11) is 0. The highest BCUT2D eigenvalue weighted by Crippen LogP contribution is 2.36. The van der Waals surface area contributed by atoms with E-state index in [1.807, 2.05) is 6.92 Å². The Balaban J connectivity index is 2.18. The second kappa shape index (κ2) is 5.36. The Morgan fingerprint density at radius 1 is 1.41 bits per heavy atom. The van der Waals surface area contributed by atoms with Gasteiger partial charge < -0.3 is 10.1 Å². The van der Waals surface area contributed by atoms with Gasteiger partial charge in [0.15, 0.2) is 0 Å². The van der Waals surface area contributed by atoms with E-state index in [4.69, 9.17) is 4.74 Å². The first-order valence-electron chi connectivity index (χ1n) is 6.91. The fourth-order valence-electron chi connectivity index (χ4n) is 3.40. The molecule has 0 aromatic carbocycles. The summed E-state index contributed by atoms with van der Waals surface area (Å²) in [5, 5.41) is 3.43. The van der Waals surface area contributed by atoms with Crippen LogP contribution in [0.5, 0.6) is 0 Å². The molecule has 0 amide bonds. The van der Waals surface area contributed by atoms with Crippen LogP contribution in [0.1, 0.15) is 39.5 Å². The van der Waals surface area contributed by atoms with Gasteiger partial charge in [-0.15, -0.1) is 0 Å². The average Bonchev–Trinajstić information content (AvgIpc) is 2.71. The largest absolute Gasteiger partial charge is 0.465 e. The number of hydrogen-bond donors (Lipinski definition) is 1. The maximum Gasteiger partial charge on any atom is 0.328 e. The number of nitrogens with one attached hydrogen (secondary N) is 1. The first-order chi connectivity index (χ1) is 8.24. The lowest BCUT2D eigenvalue weighted by molar-refractivity contribution is -0.152. The minimum atomic E-state index is -0.439. The number of piperidine rings is 1. The van der Waals surface area contributed by atoms with Crippen molar-refractivity contribution in [3.05, 3.63) is 0 Å². The molecule has 2 fully saturated rings. The van der Waals surface area contributed by atoms with E-state index in [2.05, 4.69) is 17.1 Å². The monoisotopic (exact) mass is 240 g/mol. The number of fused-ring (bicyclic) bond motifs is 1. The van der Waals surface area contributed by atoms with Gasteiger partial charge in [0, 0.05) is 12.6 Å². The van der Waals surface area contributed by atoms with Crippen LogP contribution >= 0.6 is 0 Å². The second-order valence-corrected chi connectivity index (χ2v) is 5.02. The van der Waals surface area contributed by atoms with Crippen molar-refractivity contribution in [1.82, 2.24) is 10.2 Å². The van der Waals surface area contributed by atoms with Gasteiger partial charge in [-0.05, 0) is 39.3 Å². The lowest BCUT2D eigenvalue weighted by Gasteiger charge is -2.39. The van der Waals surface area contributed by atoms with Crippen LogP contribution in [-0.2, 0) is 9.53 Å². The molecule has 98 valence electrons. The molecule has 17 heavy (non-hydrogen) atoms. The molecule has 4 heteroatoms. The van der Waals surface area contributed by atoms with Crippen molar-refractivity contribution in [1.29, 1.82) is 0 Å². The third-order valence-corrected chi connectivity index (χ3v) is 4.11. The highest BCUT2D eigenvalue weighted by Gasteiger charge is 2.53.